The standard InChI is InChI=1S/C8H9N3O3S/c9-15(12,13)14-5-7-3-1-2-6-4-10-11-8(6)7/h1-4H,5H2,(H,10,11)(H2,9,12,13). The molecule has 0 spiro atoms. The smallest absolute Gasteiger partial charge is 0.277 e. The first-order valence-corrected chi connectivity index (χ1v) is 5.61. The third-order valence-corrected chi connectivity index (χ3v) is 2.39. The Hall–Kier alpha value is -1.44. The van der Waals surface area contributed by atoms with Gasteiger partial charge in [0.05, 0.1) is 18.3 Å². The van der Waals surface area contributed by atoms with Crippen LogP contribution >= 0.6 is 0 Å². The lowest BCUT2D eigenvalue weighted by Crippen LogP contribution is -2.15. The number of H-pyrrole nitrogens is 1. The van der Waals surface area contributed by atoms with Gasteiger partial charge in [0.15, 0.2) is 0 Å². The number of nitrogens with one attached hydrogen (secondary N) is 1. The van der Waals surface area contributed by atoms with Crippen LogP contribution in [-0.2, 0) is 21.1 Å². The topological polar surface area (TPSA) is 98.1 Å². The number of fused-ring (bicyclic) bond motifs is 1. The van der Waals surface area contributed by atoms with Gasteiger partial charge in [0.1, 0.15) is 0 Å². The van der Waals surface area contributed by atoms with Crippen LogP contribution < -0.4 is 5.14 Å². The van der Waals surface area contributed by atoms with Crippen molar-refractivity contribution in [1.82, 2.24) is 10.2 Å². The zero-order valence-electron chi connectivity index (χ0n) is 7.67. The molecular weight excluding hydrogens is 218 g/mol. The van der Waals surface area contributed by atoms with Gasteiger partial charge in [0.2, 0.25) is 0 Å². The Balaban J connectivity index is 2.32. The Morgan fingerprint density at radius 2 is 2.27 bits per heavy atom. The van der Waals surface area contributed by atoms with Gasteiger partial charge in [-0.25, -0.2) is 5.14 Å². The largest absolute Gasteiger partial charge is 0.333 e. The summed E-state index contributed by atoms with van der Waals surface area (Å²) < 4.78 is 25.7. The highest BCUT2D eigenvalue weighted by Gasteiger charge is 2.06. The first-order chi connectivity index (χ1) is 7.06. The molecule has 80 valence electrons. The van der Waals surface area contributed by atoms with Crippen LogP contribution in [0, 0.1) is 0 Å². The van der Waals surface area contributed by atoms with Crippen molar-refractivity contribution in [3.8, 4) is 0 Å². The minimum Gasteiger partial charge on any atom is -0.277 e. The fourth-order valence-electron chi connectivity index (χ4n) is 1.30. The Bertz CT molecular complexity index is 576. The van der Waals surface area contributed by atoms with E-state index < -0.39 is 10.3 Å². The number of aromatic nitrogens is 2. The molecule has 0 aliphatic rings. The Kier molecular flexibility index (Phi) is 2.43. The van der Waals surface area contributed by atoms with Crippen molar-refractivity contribution in [2.75, 3.05) is 0 Å². The molecule has 0 radical (unpaired) electrons. The lowest BCUT2D eigenvalue weighted by molar-refractivity contribution is 0.310. The van der Waals surface area contributed by atoms with Crippen molar-refractivity contribution in [2.24, 2.45) is 5.14 Å². The molecule has 0 saturated heterocycles. The maximum Gasteiger partial charge on any atom is 0.333 e. The second-order valence-electron chi connectivity index (χ2n) is 3.01. The molecule has 0 amide bonds. The lowest BCUT2D eigenvalue weighted by atomic mass is 10.1. The maximum atomic E-state index is 10.6. The summed E-state index contributed by atoms with van der Waals surface area (Å²) in [6, 6.07) is 5.39. The summed E-state index contributed by atoms with van der Waals surface area (Å²) in [5.74, 6) is 0. The highest BCUT2D eigenvalue weighted by Crippen LogP contribution is 2.16. The van der Waals surface area contributed by atoms with Gasteiger partial charge in [0.25, 0.3) is 0 Å². The number of nitrogens with zero attached hydrogens (tertiary/aromatic N) is 1. The molecule has 2 aromatic rings. The summed E-state index contributed by atoms with van der Waals surface area (Å²) >= 11 is 0. The third-order valence-electron chi connectivity index (χ3n) is 1.94. The van der Waals surface area contributed by atoms with Crippen molar-refractivity contribution < 1.29 is 12.6 Å². The van der Waals surface area contributed by atoms with Crippen LogP contribution in [0.4, 0.5) is 0 Å². The van der Waals surface area contributed by atoms with Crippen LogP contribution in [0.5, 0.6) is 0 Å². The van der Waals surface area contributed by atoms with Crippen molar-refractivity contribution in [2.45, 2.75) is 6.61 Å². The van der Waals surface area contributed by atoms with Crippen LogP contribution in [-0.4, -0.2) is 18.6 Å². The molecule has 1 aromatic heterocycles. The highest BCUT2D eigenvalue weighted by molar-refractivity contribution is 7.84. The second-order valence-corrected chi connectivity index (χ2v) is 4.23. The molecule has 2 rings (SSSR count). The molecule has 0 aliphatic heterocycles. The van der Waals surface area contributed by atoms with E-state index in [2.05, 4.69) is 14.4 Å². The SMILES string of the molecule is NS(=O)(=O)OCc1cccc2cn[nH]c12. The van der Waals surface area contributed by atoms with Gasteiger partial charge in [-0.15, -0.1) is 0 Å². The molecule has 0 fully saturated rings. The van der Waals surface area contributed by atoms with E-state index in [1.54, 1.807) is 18.3 Å². The maximum absolute atomic E-state index is 10.6. The van der Waals surface area contributed by atoms with Crippen molar-refractivity contribution in [3.05, 3.63) is 30.0 Å². The van der Waals surface area contributed by atoms with E-state index in [1.807, 2.05) is 6.07 Å². The second kappa shape index (κ2) is 3.61. The predicted octanol–water partition coefficient (Wildman–Crippen LogP) is 0.283. The highest BCUT2D eigenvalue weighted by atomic mass is 32.2. The minimum absolute atomic E-state index is 0.0988. The quantitative estimate of drug-likeness (QED) is 0.786. The van der Waals surface area contributed by atoms with E-state index >= 15 is 0 Å². The number of hydrogen-bond acceptors (Lipinski definition) is 4. The average Bonchev–Trinajstić information content (AvgIpc) is 2.61. The summed E-state index contributed by atoms with van der Waals surface area (Å²) in [7, 11) is -3.91. The van der Waals surface area contributed by atoms with Gasteiger partial charge in [-0.2, -0.15) is 13.5 Å². The molecule has 0 unspecified atom stereocenters. The minimum atomic E-state index is -3.91. The van der Waals surface area contributed by atoms with Crippen molar-refractivity contribution >= 4 is 21.2 Å². The molecule has 1 aromatic carbocycles. The average molecular weight is 227 g/mol. The molecule has 6 nitrogen and oxygen atoms in total. The Morgan fingerprint density at radius 3 is 3.00 bits per heavy atom. The zero-order valence-corrected chi connectivity index (χ0v) is 8.49. The molecule has 15 heavy (non-hydrogen) atoms. The number of aromatic amines is 1. The fraction of sp³-hybridized carbons (Fsp3) is 0.125. The Morgan fingerprint density at radius 1 is 1.47 bits per heavy atom. The molecule has 0 atom stereocenters. The molecule has 1 heterocycles. The van der Waals surface area contributed by atoms with E-state index in [0.717, 1.165) is 10.9 Å². The molecule has 7 heteroatoms. The number of para-hydroxylation sites is 1. The van der Waals surface area contributed by atoms with Gasteiger partial charge in [-0.05, 0) is 0 Å². The van der Waals surface area contributed by atoms with Crippen molar-refractivity contribution in [3.63, 3.8) is 0 Å². The van der Waals surface area contributed by atoms with E-state index in [1.165, 1.54) is 0 Å². The summed E-state index contributed by atoms with van der Waals surface area (Å²) in [4.78, 5) is 0. The van der Waals surface area contributed by atoms with Gasteiger partial charge in [-0.3, -0.25) is 9.28 Å². The molecule has 0 saturated carbocycles. The summed E-state index contributed by atoms with van der Waals surface area (Å²) in [5.41, 5.74) is 1.44. The van der Waals surface area contributed by atoms with Crippen LogP contribution in [0.25, 0.3) is 10.9 Å². The van der Waals surface area contributed by atoms with Crippen LogP contribution in [0.2, 0.25) is 0 Å². The number of rotatable bonds is 3. The normalized spacial score (nSPS) is 12.1. The van der Waals surface area contributed by atoms with E-state index in [-0.39, 0.29) is 6.61 Å². The molecule has 3 N–H and O–H groups in total. The Labute approximate surface area is 86.3 Å². The summed E-state index contributed by atoms with van der Waals surface area (Å²) in [6.45, 7) is -0.0988. The summed E-state index contributed by atoms with van der Waals surface area (Å²) in [5, 5.41) is 12.2. The monoisotopic (exact) mass is 227 g/mol. The molecular formula is C8H9N3O3S. The van der Waals surface area contributed by atoms with E-state index in [4.69, 9.17) is 5.14 Å². The van der Waals surface area contributed by atoms with Crippen LogP contribution in [0.1, 0.15) is 5.56 Å². The van der Waals surface area contributed by atoms with Gasteiger partial charge in [-0.1, -0.05) is 18.2 Å². The van der Waals surface area contributed by atoms with Crippen LogP contribution in [0.15, 0.2) is 24.4 Å². The first kappa shape index (κ1) is 10.1. The van der Waals surface area contributed by atoms with Crippen LogP contribution in [0.3, 0.4) is 0 Å². The van der Waals surface area contributed by atoms with E-state index in [0.29, 0.717) is 5.56 Å². The predicted molar refractivity (Wildman–Crippen MR) is 54.0 cm³/mol. The number of hydrogen-bond donors (Lipinski definition) is 2. The zero-order chi connectivity index (χ0) is 10.9. The lowest BCUT2D eigenvalue weighted by Gasteiger charge is -2.02. The van der Waals surface area contributed by atoms with E-state index in [9.17, 15) is 8.42 Å². The fourth-order valence-corrected chi connectivity index (χ4v) is 1.59. The molecule has 0 bridgehead atoms. The first-order valence-electron chi connectivity index (χ1n) is 4.14. The van der Waals surface area contributed by atoms with Gasteiger partial charge >= 0.3 is 10.3 Å². The summed E-state index contributed by atoms with van der Waals surface area (Å²) in [6.07, 6.45) is 1.65. The number of nitrogens with two attached hydrogens (primary N) is 1. The number of benzene rings is 1. The van der Waals surface area contributed by atoms with Gasteiger partial charge in [0, 0.05) is 10.9 Å². The van der Waals surface area contributed by atoms with Gasteiger partial charge < -0.3 is 0 Å². The third kappa shape index (κ3) is 2.32. The molecule has 0 aliphatic carbocycles. The van der Waals surface area contributed by atoms with Crippen molar-refractivity contribution in [1.29, 1.82) is 0 Å².